The standard InChI is InChI=1S/C17H14N2O4/c1-11-19-14-8-7-13(9-15(14)22-11)23-16(20)10-18-17(21)12-5-3-2-4-6-12/h2-9H,10H2,1H3,(H,18,21). The molecule has 0 aliphatic rings. The van der Waals surface area contributed by atoms with E-state index in [1.807, 2.05) is 6.07 Å². The molecule has 1 heterocycles. The molecule has 0 atom stereocenters. The Morgan fingerprint density at radius 2 is 1.96 bits per heavy atom. The van der Waals surface area contributed by atoms with Crippen LogP contribution in [0.25, 0.3) is 11.1 Å². The minimum Gasteiger partial charge on any atom is -0.441 e. The summed E-state index contributed by atoms with van der Waals surface area (Å²) in [6.07, 6.45) is 0. The van der Waals surface area contributed by atoms with Crippen LogP contribution in [0.5, 0.6) is 5.75 Å². The first-order valence-electron chi connectivity index (χ1n) is 7.03. The van der Waals surface area contributed by atoms with E-state index in [4.69, 9.17) is 9.15 Å². The second kappa shape index (κ2) is 6.31. The van der Waals surface area contributed by atoms with Crippen molar-refractivity contribution in [1.82, 2.24) is 10.3 Å². The summed E-state index contributed by atoms with van der Waals surface area (Å²) >= 11 is 0. The molecule has 0 radical (unpaired) electrons. The van der Waals surface area contributed by atoms with Gasteiger partial charge in [-0.15, -0.1) is 0 Å². The Labute approximate surface area is 132 Å². The third kappa shape index (κ3) is 3.55. The summed E-state index contributed by atoms with van der Waals surface area (Å²) < 4.78 is 10.6. The zero-order valence-corrected chi connectivity index (χ0v) is 12.4. The third-order valence-corrected chi connectivity index (χ3v) is 3.13. The van der Waals surface area contributed by atoms with Gasteiger partial charge >= 0.3 is 5.97 Å². The quantitative estimate of drug-likeness (QED) is 0.591. The molecule has 0 unspecified atom stereocenters. The molecule has 3 aromatic rings. The van der Waals surface area contributed by atoms with Crippen molar-refractivity contribution in [2.45, 2.75) is 6.92 Å². The van der Waals surface area contributed by atoms with Crippen LogP contribution in [0.15, 0.2) is 52.9 Å². The zero-order chi connectivity index (χ0) is 16.2. The number of carbonyl (C=O) groups is 2. The Balaban J connectivity index is 1.59. The minimum atomic E-state index is -0.565. The number of nitrogens with one attached hydrogen (secondary N) is 1. The van der Waals surface area contributed by atoms with Gasteiger partial charge < -0.3 is 14.5 Å². The number of hydrogen-bond donors (Lipinski definition) is 1. The maximum absolute atomic E-state index is 11.8. The number of ether oxygens (including phenoxy) is 1. The molecular weight excluding hydrogens is 296 g/mol. The van der Waals surface area contributed by atoms with Crippen LogP contribution in [-0.4, -0.2) is 23.4 Å². The van der Waals surface area contributed by atoms with E-state index in [-0.39, 0.29) is 12.5 Å². The lowest BCUT2D eigenvalue weighted by Gasteiger charge is -2.06. The summed E-state index contributed by atoms with van der Waals surface area (Å²) in [5.41, 5.74) is 1.72. The minimum absolute atomic E-state index is 0.221. The lowest BCUT2D eigenvalue weighted by atomic mass is 10.2. The van der Waals surface area contributed by atoms with Gasteiger partial charge in [-0.2, -0.15) is 0 Å². The summed E-state index contributed by atoms with van der Waals surface area (Å²) in [7, 11) is 0. The van der Waals surface area contributed by atoms with Crippen molar-refractivity contribution in [3.63, 3.8) is 0 Å². The molecule has 1 amide bonds. The Bertz CT molecular complexity index is 855. The van der Waals surface area contributed by atoms with Gasteiger partial charge in [0.15, 0.2) is 11.5 Å². The Morgan fingerprint density at radius 3 is 2.74 bits per heavy atom. The molecule has 1 aromatic heterocycles. The molecule has 6 nitrogen and oxygen atoms in total. The molecule has 2 aromatic carbocycles. The fraction of sp³-hybridized carbons (Fsp3) is 0.118. The number of aryl methyl sites for hydroxylation is 1. The zero-order valence-electron chi connectivity index (χ0n) is 12.4. The smallest absolute Gasteiger partial charge is 0.330 e. The Morgan fingerprint density at radius 1 is 1.17 bits per heavy atom. The van der Waals surface area contributed by atoms with E-state index in [0.29, 0.717) is 28.3 Å². The van der Waals surface area contributed by atoms with Gasteiger partial charge in [-0.25, -0.2) is 9.78 Å². The number of rotatable bonds is 4. The maximum atomic E-state index is 11.8. The van der Waals surface area contributed by atoms with E-state index in [0.717, 1.165) is 0 Å². The molecule has 0 fully saturated rings. The van der Waals surface area contributed by atoms with E-state index in [9.17, 15) is 9.59 Å². The van der Waals surface area contributed by atoms with E-state index in [2.05, 4.69) is 10.3 Å². The van der Waals surface area contributed by atoms with Gasteiger partial charge in [0.1, 0.15) is 17.8 Å². The topological polar surface area (TPSA) is 81.4 Å². The number of carbonyl (C=O) groups excluding carboxylic acids is 2. The number of fused-ring (bicyclic) bond motifs is 1. The maximum Gasteiger partial charge on any atom is 0.330 e. The largest absolute Gasteiger partial charge is 0.441 e. The Hall–Kier alpha value is -3.15. The first-order valence-corrected chi connectivity index (χ1v) is 7.03. The molecule has 0 aliphatic heterocycles. The van der Waals surface area contributed by atoms with Gasteiger partial charge in [0, 0.05) is 18.6 Å². The van der Waals surface area contributed by atoms with Crippen LogP contribution in [0, 0.1) is 6.92 Å². The number of aromatic nitrogens is 1. The fourth-order valence-corrected chi connectivity index (χ4v) is 2.10. The van der Waals surface area contributed by atoms with E-state index in [1.165, 1.54) is 0 Å². The molecule has 1 N–H and O–H groups in total. The van der Waals surface area contributed by atoms with Crippen LogP contribution in [0.1, 0.15) is 16.2 Å². The highest BCUT2D eigenvalue weighted by Crippen LogP contribution is 2.21. The van der Waals surface area contributed by atoms with Crippen molar-refractivity contribution in [3.05, 3.63) is 60.0 Å². The van der Waals surface area contributed by atoms with Crippen molar-refractivity contribution < 1.29 is 18.7 Å². The van der Waals surface area contributed by atoms with Crippen molar-refractivity contribution in [2.75, 3.05) is 6.54 Å². The number of hydrogen-bond acceptors (Lipinski definition) is 5. The summed E-state index contributed by atoms with van der Waals surface area (Å²) in [5.74, 6) is -0.0139. The predicted octanol–water partition coefficient (Wildman–Crippen LogP) is 2.47. The van der Waals surface area contributed by atoms with Crippen molar-refractivity contribution >= 4 is 23.0 Å². The Kier molecular flexibility index (Phi) is 4.05. The molecule has 0 spiro atoms. The lowest BCUT2D eigenvalue weighted by molar-refractivity contribution is -0.133. The highest BCUT2D eigenvalue weighted by atomic mass is 16.5. The van der Waals surface area contributed by atoms with Crippen LogP contribution >= 0.6 is 0 Å². The van der Waals surface area contributed by atoms with Gasteiger partial charge in [-0.05, 0) is 24.3 Å². The van der Waals surface area contributed by atoms with Crippen LogP contribution in [-0.2, 0) is 4.79 Å². The number of amides is 1. The average Bonchev–Trinajstić information content (AvgIpc) is 2.92. The van der Waals surface area contributed by atoms with E-state index in [1.54, 1.807) is 49.4 Å². The monoisotopic (exact) mass is 310 g/mol. The van der Waals surface area contributed by atoms with Crippen molar-refractivity contribution in [1.29, 1.82) is 0 Å². The van der Waals surface area contributed by atoms with Gasteiger partial charge in [-0.3, -0.25) is 4.79 Å². The summed E-state index contributed by atoms with van der Waals surface area (Å²) in [5, 5.41) is 2.51. The van der Waals surface area contributed by atoms with E-state index >= 15 is 0 Å². The summed E-state index contributed by atoms with van der Waals surface area (Å²) in [6.45, 7) is 1.52. The van der Waals surface area contributed by atoms with Gasteiger partial charge in [-0.1, -0.05) is 18.2 Å². The molecular formula is C17H14N2O4. The van der Waals surface area contributed by atoms with E-state index < -0.39 is 5.97 Å². The first-order chi connectivity index (χ1) is 11.1. The number of benzene rings is 2. The summed E-state index contributed by atoms with van der Waals surface area (Å²) in [6, 6.07) is 13.6. The molecule has 3 rings (SSSR count). The molecule has 0 aliphatic carbocycles. The van der Waals surface area contributed by atoms with Crippen LogP contribution in [0.4, 0.5) is 0 Å². The van der Waals surface area contributed by atoms with Crippen LogP contribution < -0.4 is 10.1 Å². The number of esters is 1. The fourth-order valence-electron chi connectivity index (χ4n) is 2.10. The number of nitrogens with zero attached hydrogens (tertiary/aromatic N) is 1. The molecule has 0 saturated heterocycles. The summed E-state index contributed by atoms with van der Waals surface area (Å²) in [4.78, 5) is 27.8. The number of oxazole rings is 1. The molecule has 116 valence electrons. The highest BCUT2D eigenvalue weighted by Gasteiger charge is 2.11. The SMILES string of the molecule is Cc1nc2ccc(OC(=O)CNC(=O)c3ccccc3)cc2o1. The highest BCUT2D eigenvalue weighted by molar-refractivity contribution is 5.96. The van der Waals surface area contributed by atoms with Gasteiger partial charge in [0.2, 0.25) is 0 Å². The van der Waals surface area contributed by atoms with Crippen LogP contribution in [0.2, 0.25) is 0 Å². The molecule has 0 bridgehead atoms. The normalized spacial score (nSPS) is 10.5. The van der Waals surface area contributed by atoms with Gasteiger partial charge in [0.05, 0.1) is 0 Å². The second-order valence-corrected chi connectivity index (χ2v) is 4.89. The third-order valence-electron chi connectivity index (χ3n) is 3.13. The van der Waals surface area contributed by atoms with Crippen molar-refractivity contribution in [2.24, 2.45) is 0 Å². The molecule has 6 heteroatoms. The molecule has 0 saturated carbocycles. The lowest BCUT2D eigenvalue weighted by Crippen LogP contribution is -2.31. The molecule has 23 heavy (non-hydrogen) atoms. The predicted molar refractivity (Wildman–Crippen MR) is 83.2 cm³/mol. The first kappa shape index (κ1) is 14.8. The average molecular weight is 310 g/mol. The van der Waals surface area contributed by atoms with Crippen molar-refractivity contribution in [3.8, 4) is 5.75 Å². The second-order valence-electron chi connectivity index (χ2n) is 4.89. The van der Waals surface area contributed by atoms with Gasteiger partial charge in [0.25, 0.3) is 5.91 Å². The van der Waals surface area contributed by atoms with Crippen LogP contribution in [0.3, 0.4) is 0 Å².